The Morgan fingerprint density at radius 1 is 1.33 bits per heavy atom. The lowest BCUT2D eigenvalue weighted by Crippen LogP contribution is -2.46. The minimum absolute atomic E-state index is 0.149. The summed E-state index contributed by atoms with van der Waals surface area (Å²) in [5.74, 6) is -0.588. The summed E-state index contributed by atoms with van der Waals surface area (Å²) in [7, 11) is 0. The van der Waals surface area contributed by atoms with Crippen molar-refractivity contribution in [2.24, 2.45) is 5.73 Å². The molecule has 3 rings (SSSR count). The number of hydrogen-bond acceptors (Lipinski definition) is 4. The first-order valence-electron chi connectivity index (χ1n) is 8.29. The number of para-hydroxylation sites is 1. The fourth-order valence-electron chi connectivity index (χ4n) is 3.15. The highest BCUT2D eigenvalue weighted by molar-refractivity contribution is 6.05. The average Bonchev–Trinajstić information content (AvgIpc) is 2.99. The van der Waals surface area contributed by atoms with E-state index in [1.165, 1.54) is 0 Å². The third-order valence-electron chi connectivity index (χ3n) is 4.59. The van der Waals surface area contributed by atoms with Gasteiger partial charge in [-0.05, 0) is 38.8 Å². The van der Waals surface area contributed by atoms with Crippen molar-refractivity contribution in [3.05, 3.63) is 29.6 Å². The van der Waals surface area contributed by atoms with Crippen molar-refractivity contribution >= 4 is 22.8 Å². The summed E-state index contributed by atoms with van der Waals surface area (Å²) in [6, 6.07) is 5.77. The Morgan fingerprint density at radius 3 is 2.67 bits per heavy atom. The lowest BCUT2D eigenvalue weighted by Gasteiger charge is -2.34. The highest BCUT2D eigenvalue weighted by atomic mass is 16.2. The van der Waals surface area contributed by atoms with Crippen LogP contribution in [0.5, 0.6) is 0 Å². The minimum Gasteiger partial charge on any atom is -0.366 e. The van der Waals surface area contributed by atoms with Gasteiger partial charge >= 0.3 is 0 Å². The number of carbonyl (C=O) groups is 2. The number of nitrogens with two attached hydrogens (primary N) is 1. The summed E-state index contributed by atoms with van der Waals surface area (Å²) >= 11 is 0. The van der Waals surface area contributed by atoms with Gasteiger partial charge in [0.25, 0.3) is 11.8 Å². The molecule has 1 aromatic heterocycles. The number of carbonyl (C=O) groups excluding carboxylic acids is 2. The van der Waals surface area contributed by atoms with Crippen molar-refractivity contribution < 1.29 is 9.59 Å². The molecule has 1 aliphatic rings. The molecule has 128 valence electrons. The first-order valence-corrected chi connectivity index (χ1v) is 8.29. The van der Waals surface area contributed by atoms with E-state index >= 15 is 0 Å². The Kier molecular flexibility index (Phi) is 4.53. The Morgan fingerprint density at radius 2 is 2.04 bits per heavy atom. The van der Waals surface area contributed by atoms with Gasteiger partial charge in [0, 0.05) is 25.2 Å². The number of nitrogens with zero attached hydrogens (tertiary/aromatic N) is 2. The molecule has 2 amide bonds. The van der Waals surface area contributed by atoms with E-state index in [-0.39, 0.29) is 17.8 Å². The molecule has 7 nitrogen and oxygen atoms in total. The summed E-state index contributed by atoms with van der Waals surface area (Å²) in [5.41, 5.74) is 6.73. The zero-order valence-corrected chi connectivity index (χ0v) is 14.0. The number of imidazole rings is 1. The van der Waals surface area contributed by atoms with E-state index in [4.69, 9.17) is 5.73 Å². The molecule has 0 aliphatic carbocycles. The maximum absolute atomic E-state index is 12.4. The zero-order chi connectivity index (χ0) is 17.3. The molecule has 24 heavy (non-hydrogen) atoms. The quantitative estimate of drug-likeness (QED) is 0.785. The van der Waals surface area contributed by atoms with Crippen molar-refractivity contribution in [2.75, 3.05) is 13.1 Å². The number of H-pyrrole nitrogens is 1. The van der Waals surface area contributed by atoms with Crippen LogP contribution in [0, 0.1) is 0 Å². The topological polar surface area (TPSA) is 104 Å². The van der Waals surface area contributed by atoms with Crippen LogP contribution < -0.4 is 11.1 Å². The number of aromatic amines is 1. The Labute approximate surface area is 140 Å². The van der Waals surface area contributed by atoms with Crippen LogP contribution in [0.25, 0.3) is 11.0 Å². The molecule has 0 saturated carbocycles. The Balaban J connectivity index is 1.71. The van der Waals surface area contributed by atoms with Gasteiger partial charge in [0.2, 0.25) is 0 Å². The fourth-order valence-corrected chi connectivity index (χ4v) is 3.15. The standard InChI is InChI=1S/C17H23N5O2/c1-10(2)22-8-6-11(7-9-22)19-17(24)16-20-13-5-3-4-12(15(18)23)14(13)21-16/h3-5,10-11H,6-9H2,1-2H3,(H2,18,23)(H,19,24)(H,20,21). The van der Waals surface area contributed by atoms with Crippen LogP contribution in [0.4, 0.5) is 0 Å². The van der Waals surface area contributed by atoms with Crippen molar-refractivity contribution in [2.45, 2.75) is 38.8 Å². The molecule has 0 atom stereocenters. The normalized spacial score (nSPS) is 16.6. The number of likely N-dealkylation sites (tertiary alicyclic amines) is 1. The predicted octanol–water partition coefficient (Wildman–Crippen LogP) is 1.26. The molecule has 0 bridgehead atoms. The van der Waals surface area contributed by atoms with E-state index in [0.717, 1.165) is 25.9 Å². The summed E-state index contributed by atoms with van der Waals surface area (Å²) in [6.45, 7) is 6.33. The number of rotatable bonds is 4. The minimum atomic E-state index is -0.555. The van der Waals surface area contributed by atoms with Crippen molar-refractivity contribution in [1.29, 1.82) is 0 Å². The van der Waals surface area contributed by atoms with Gasteiger partial charge in [-0.3, -0.25) is 9.59 Å². The van der Waals surface area contributed by atoms with Crippen LogP contribution >= 0.6 is 0 Å². The average molecular weight is 329 g/mol. The molecule has 0 unspecified atom stereocenters. The number of piperidine rings is 1. The number of nitrogens with one attached hydrogen (secondary N) is 2. The highest BCUT2D eigenvalue weighted by Crippen LogP contribution is 2.17. The summed E-state index contributed by atoms with van der Waals surface area (Å²) < 4.78 is 0. The second-order valence-corrected chi connectivity index (χ2v) is 6.53. The van der Waals surface area contributed by atoms with Gasteiger partial charge < -0.3 is 20.9 Å². The third-order valence-corrected chi connectivity index (χ3v) is 4.59. The van der Waals surface area contributed by atoms with Gasteiger partial charge in [-0.2, -0.15) is 0 Å². The molecule has 4 N–H and O–H groups in total. The first kappa shape index (κ1) is 16.4. The number of hydrogen-bond donors (Lipinski definition) is 3. The molecule has 7 heteroatoms. The molecule has 1 fully saturated rings. The Hall–Kier alpha value is -2.41. The van der Waals surface area contributed by atoms with Gasteiger partial charge in [-0.15, -0.1) is 0 Å². The van der Waals surface area contributed by atoms with Crippen molar-refractivity contribution in [3.8, 4) is 0 Å². The van der Waals surface area contributed by atoms with Gasteiger partial charge in [-0.1, -0.05) is 6.07 Å². The Bertz CT molecular complexity index is 759. The van der Waals surface area contributed by atoms with Gasteiger partial charge in [0.1, 0.15) is 5.52 Å². The maximum Gasteiger partial charge on any atom is 0.287 e. The third kappa shape index (κ3) is 3.26. The van der Waals surface area contributed by atoms with Crippen LogP contribution in [-0.4, -0.2) is 51.9 Å². The first-order chi connectivity index (χ1) is 11.5. The summed E-state index contributed by atoms with van der Waals surface area (Å²) in [5, 5.41) is 3.03. The number of aromatic nitrogens is 2. The molecule has 1 saturated heterocycles. The molecule has 1 aromatic carbocycles. The van der Waals surface area contributed by atoms with E-state index in [2.05, 4.69) is 34.0 Å². The zero-order valence-electron chi connectivity index (χ0n) is 14.0. The van der Waals surface area contributed by atoms with Crippen molar-refractivity contribution in [1.82, 2.24) is 20.2 Å². The lowest BCUT2D eigenvalue weighted by atomic mass is 10.0. The predicted molar refractivity (Wildman–Crippen MR) is 91.8 cm³/mol. The number of amides is 2. The second-order valence-electron chi connectivity index (χ2n) is 6.53. The fraction of sp³-hybridized carbons (Fsp3) is 0.471. The van der Waals surface area contributed by atoms with Gasteiger partial charge in [0.15, 0.2) is 5.82 Å². The lowest BCUT2D eigenvalue weighted by molar-refractivity contribution is 0.0890. The summed E-state index contributed by atoms with van der Waals surface area (Å²) in [4.78, 5) is 33.5. The van der Waals surface area contributed by atoms with E-state index in [9.17, 15) is 9.59 Å². The molecule has 1 aliphatic heterocycles. The monoisotopic (exact) mass is 329 g/mol. The van der Waals surface area contributed by atoms with E-state index < -0.39 is 5.91 Å². The van der Waals surface area contributed by atoms with E-state index in [0.29, 0.717) is 22.6 Å². The number of benzene rings is 1. The van der Waals surface area contributed by atoms with Gasteiger partial charge in [0.05, 0.1) is 11.1 Å². The van der Waals surface area contributed by atoms with Crippen LogP contribution in [0.15, 0.2) is 18.2 Å². The largest absolute Gasteiger partial charge is 0.366 e. The van der Waals surface area contributed by atoms with Gasteiger partial charge in [-0.25, -0.2) is 4.98 Å². The van der Waals surface area contributed by atoms with Crippen LogP contribution in [0.2, 0.25) is 0 Å². The number of fused-ring (bicyclic) bond motifs is 1. The van der Waals surface area contributed by atoms with Crippen LogP contribution in [0.3, 0.4) is 0 Å². The molecular formula is C17H23N5O2. The molecule has 0 radical (unpaired) electrons. The molecular weight excluding hydrogens is 306 g/mol. The molecule has 0 spiro atoms. The molecule has 2 aromatic rings. The highest BCUT2D eigenvalue weighted by Gasteiger charge is 2.23. The summed E-state index contributed by atoms with van der Waals surface area (Å²) in [6.07, 6.45) is 1.85. The van der Waals surface area contributed by atoms with Crippen LogP contribution in [-0.2, 0) is 0 Å². The van der Waals surface area contributed by atoms with Crippen molar-refractivity contribution in [3.63, 3.8) is 0 Å². The number of primary amides is 1. The smallest absolute Gasteiger partial charge is 0.287 e. The van der Waals surface area contributed by atoms with E-state index in [1.54, 1.807) is 18.2 Å². The second kappa shape index (κ2) is 6.60. The SMILES string of the molecule is CC(C)N1CCC(NC(=O)c2nc3c(C(N)=O)cccc3[nH]2)CC1. The van der Waals surface area contributed by atoms with E-state index in [1.807, 2.05) is 0 Å². The van der Waals surface area contributed by atoms with Crippen LogP contribution in [0.1, 0.15) is 47.7 Å². The maximum atomic E-state index is 12.4. The molecule has 2 heterocycles.